The summed E-state index contributed by atoms with van der Waals surface area (Å²) in [5, 5.41) is 0. The predicted molar refractivity (Wildman–Crippen MR) is 123 cm³/mol. The average Bonchev–Trinajstić information content (AvgIpc) is 2.79. The summed E-state index contributed by atoms with van der Waals surface area (Å²) in [6, 6.07) is 20.8. The average molecular weight is 455 g/mol. The van der Waals surface area contributed by atoms with Crippen LogP contribution in [0.1, 0.15) is 11.1 Å². The van der Waals surface area contributed by atoms with Crippen molar-refractivity contribution in [2.45, 2.75) is 18.4 Å². The summed E-state index contributed by atoms with van der Waals surface area (Å²) >= 11 is 0. The van der Waals surface area contributed by atoms with Crippen LogP contribution in [-0.4, -0.2) is 40.0 Å². The lowest BCUT2D eigenvalue weighted by Crippen LogP contribution is -2.31. The third-order valence-corrected chi connectivity index (χ3v) is 6.22. The number of hydrogen-bond acceptors (Lipinski definition) is 5. The van der Waals surface area contributed by atoms with Gasteiger partial charge in [0.25, 0.3) is 15.9 Å². The van der Waals surface area contributed by atoms with Crippen molar-refractivity contribution in [1.82, 2.24) is 4.90 Å². The van der Waals surface area contributed by atoms with Crippen molar-refractivity contribution in [2.75, 3.05) is 25.5 Å². The molecule has 7 nitrogen and oxygen atoms in total. The minimum atomic E-state index is -3.77. The number of ether oxygens (including phenoxy) is 2. The SMILES string of the molecule is COc1ccc(NS(=O)(=O)c2ccc(OCC(=O)N(C)Cc3ccccc3)c(C)c2)cc1. The van der Waals surface area contributed by atoms with Gasteiger partial charge in [0, 0.05) is 19.3 Å². The van der Waals surface area contributed by atoms with E-state index in [9.17, 15) is 13.2 Å². The highest BCUT2D eigenvalue weighted by Gasteiger charge is 2.17. The molecule has 3 aromatic carbocycles. The van der Waals surface area contributed by atoms with Gasteiger partial charge < -0.3 is 14.4 Å². The molecule has 0 aliphatic carbocycles. The summed E-state index contributed by atoms with van der Waals surface area (Å²) in [4.78, 5) is 14.1. The Labute approximate surface area is 188 Å². The van der Waals surface area contributed by atoms with E-state index < -0.39 is 10.0 Å². The zero-order valence-electron chi connectivity index (χ0n) is 18.2. The molecule has 8 heteroatoms. The van der Waals surface area contributed by atoms with Crippen LogP contribution >= 0.6 is 0 Å². The van der Waals surface area contributed by atoms with Gasteiger partial charge in [-0.15, -0.1) is 0 Å². The molecule has 1 amide bonds. The fourth-order valence-corrected chi connectivity index (χ4v) is 4.16. The molecule has 32 heavy (non-hydrogen) atoms. The molecule has 0 saturated carbocycles. The highest BCUT2D eigenvalue weighted by molar-refractivity contribution is 7.92. The Balaban J connectivity index is 1.61. The van der Waals surface area contributed by atoms with Crippen LogP contribution in [-0.2, 0) is 21.4 Å². The van der Waals surface area contributed by atoms with Crippen LogP contribution in [0.5, 0.6) is 11.5 Å². The van der Waals surface area contributed by atoms with E-state index >= 15 is 0 Å². The number of carbonyl (C=O) groups is 1. The Morgan fingerprint density at radius 2 is 1.69 bits per heavy atom. The Kier molecular flexibility index (Phi) is 7.37. The molecule has 0 fully saturated rings. The quantitative estimate of drug-likeness (QED) is 0.531. The van der Waals surface area contributed by atoms with E-state index in [0.717, 1.165) is 5.56 Å². The number of methoxy groups -OCH3 is 1. The van der Waals surface area contributed by atoms with Crippen LogP contribution in [0.4, 0.5) is 5.69 Å². The molecule has 0 aromatic heterocycles. The Morgan fingerprint density at radius 1 is 1.00 bits per heavy atom. The summed E-state index contributed by atoms with van der Waals surface area (Å²) in [5.41, 5.74) is 2.07. The van der Waals surface area contributed by atoms with E-state index in [1.165, 1.54) is 12.1 Å². The van der Waals surface area contributed by atoms with Crippen molar-refractivity contribution in [3.63, 3.8) is 0 Å². The van der Waals surface area contributed by atoms with E-state index in [1.807, 2.05) is 30.3 Å². The number of hydrogen-bond donors (Lipinski definition) is 1. The van der Waals surface area contributed by atoms with Crippen molar-refractivity contribution in [1.29, 1.82) is 0 Å². The minimum Gasteiger partial charge on any atom is -0.497 e. The molecule has 0 heterocycles. The normalized spacial score (nSPS) is 11.0. The molecule has 0 bridgehead atoms. The van der Waals surface area contributed by atoms with Crippen molar-refractivity contribution in [3.8, 4) is 11.5 Å². The Morgan fingerprint density at radius 3 is 2.31 bits per heavy atom. The van der Waals surface area contributed by atoms with E-state index in [1.54, 1.807) is 56.3 Å². The van der Waals surface area contributed by atoms with Gasteiger partial charge in [0.15, 0.2) is 6.61 Å². The first-order chi connectivity index (χ1) is 15.3. The van der Waals surface area contributed by atoms with Crippen molar-refractivity contribution in [3.05, 3.63) is 83.9 Å². The van der Waals surface area contributed by atoms with Gasteiger partial charge in [-0.05, 0) is 60.5 Å². The van der Waals surface area contributed by atoms with Gasteiger partial charge in [-0.1, -0.05) is 30.3 Å². The number of benzene rings is 3. The molecule has 0 aliphatic heterocycles. The molecule has 0 unspecified atom stereocenters. The molecule has 0 atom stereocenters. The smallest absolute Gasteiger partial charge is 0.261 e. The van der Waals surface area contributed by atoms with Crippen LogP contribution in [0.25, 0.3) is 0 Å². The molecule has 1 N–H and O–H groups in total. The topological polar surface area (TPSA) is 84.9 Å². The molecular weight excluding hydrogens is 428 g/mol. The number of nitrogens with zero attached hydrogens (tertiary/aromatic N) is 1. The molecule has 168 valence electrons. The van der Waals surface area contributed by atoms with Crippen LogP contribution in [0.15, 0.2) is 77.7 Å². The molecule has 3 rings (SSSR count). The molecule has 0 radical (unpaired) electrons. The maximum Gasteiger partial charge on any atom is 0.261 e. The summed E-state index contributed by atoms with van der Waals surface area (Å²) in [5.74, 6) is 0.912. The minimum absolute atomic E-state index is 0.102. The van der Waals surface area contributed by atoms with Crippen molar-refractivity contribution in [2.24, 2.45) is 0 Å². The van der Waals surface area contributed by atoms with Crippen LogP contribution in [0.2, 0.25) is 0 Å². The standard InChI is InChI=1S/C24H26N2O5S/c1-18-15-22(32(28,29)25-20-9-11-21(30-3)12-10-20)13-14-23(18)31-17-24(27)26(2)16-19-7-5-4-6-8-19/h4-15,25H,16-17H2,1-3H3. The monoisotopic (exact) mass is 454 g/mol. The van der Waals surface area contributed by atoms with Crippen LogP contribution < -0.4 is 14.2 Å². The Hall–Kier alpha value is -3.52. The van der Waals surface area contributed by atoms with E-state index in [4.69, 9.17) is 9.47 Å². The molecule has 3 aromatic rings. The fraction of sp³-hybridized carbons (Fsp3) is 0.208. The largest absolute Gasteiger partial charge is 0.497 e. The number of anilines is 1. The maximum absolute atomic E-state index is 12.7. The number of rotatable bonds is 9. The maximum atomic E-state index is 12.7. The molecule has 0 spiro atoms. The number of amides is 1. The van der Waals surface area contributed by atoms with Crippen molar-refractivity contribution < 1.29 is 22.7 Å². The summed E-state index contributed by atoms with van der Waals surface area (Å²) in [6.45, 7) is 2.08. The van der Waals surface area contributed by atoms with E-state index in [-0.39, 0.29) is 17.4 Å². The van der Waals surface area contributed by atoms with Gasteiger partial charge in [-0.25, -0.2) is 8.42 Å². The first kappa shape index (κ1) is 23.1. The second-order valence-electron chi connectivity index (χ2n) is 7.29. The summed E-state index contributed by atoms with van der Waals surface area (Å²) in [7, 11) is -0.517. The molecule has 0 aliphatic rings. The van der Waals surface area contributed by atoms with Crippen molar-refractivity contribution >= 4 is 21.6 Å². The zero-order chi connectivity index (χ0) is 23.1. The van der Waals surface area contributed by atoms with Gasteiger partial charge in [0.05, 0.1) is 12.0 Å². The second-order valence-corrected chi connectivity index (χ2v) is 8.97. The number of aryl methyl sites for hydroxylation is 1. The van der Waals surface area contributed by atoms with Gasteiger partial charge in [0.1, 0.15) is 11.5 Å². The lowest BCUT2D eigenvalue weighted by atomic mass is 10.2. The Bertz CT molecular complexity index is 1160. The first-order valence-corrected chi connectivity index (χ1v) is 11.4. The van der Waals surface area contributed by atoms with Gasteiger partial charge >= 0.3 is 0 Å². The van der Waals surface area contributed by atoms with E-state index in [2.05, 4.69) is 4.72 Å². The zero-order valence-corrected chi connectivity index (χ0v) is 19.1. The first-order valence-electron chi connectivity index (χ1n) is 9.97. The number of likely N-dealkylation sites (N-methyl/N-ethyl adjacent to an activating group) is 1. The number of nitrogens with one attached hydrogen (secondary N) is 1. The van der Waals surface area contributed by atoms with Crippen LogP contribution in [0, 0.1) is 6.92 Å². The van der Waals surface area contributed by atoms with Gasteiger partial charge in [-0.3, -0.25) is 9.52 Å². The molecule has 0 saturated heterocycles. The summed E-state index contributed by atoms with van der Waals surface area (Å²) < 4.78 is 38.7. The lowest BCUT2D eigenvalue weighted by molar-refractivity contribution is -0.132. The number of carbonyl (C=O) groups excluding carboxylic acids is 1. The van der Waals surface area contributed by atoms with Gasteiger partial charge in [0.2, 0.25) is 0 Å². The van der Waals surface area contributed by atoms with Gasteiger partial charge in [-0.2, -0.15) is 0 Å². The second kappa shape index (κ2) is 10.2. The lowest BCUT2D eigenvalue weighted by Gasteiger charge is -2.18. The van der Waals surface area contributed by atoms with E-state index in [0.29, 0.717) is 29.3 Å². The third kappa shape index (κ3) is 6.01. The predicted octanol–water partition coefficient (Wildman–Crippen LogP) is 3.84. The molecular formula is C24H26N2O5S. The summed E-state index contributed by atoms with van der Waals surface area (Å²) in [6.07, 6.45) is 0. The highest BCUT2D eigenvalue weighted by atomic mass is 32.2. The highest BCUT2D eigenvalue weighted by Crippen LogP contribution is 2.24. The van der Waals surface area contributed by atoms with Crippen LogP contribution in [0.3, 0.4) is 0 Å². The fourth-order valence-electron chi connectivity index (χ4n) is 3.02. The third-order valence-electron chi connectivity index (χ3n) is 4.84. The number of sulfonamides is 1.